The second-order valence-corrected chi connectivity index (χ2v) is 5.68. The number of fused-ring (bicyclic) bond motifs is 1. The summed E-state index contributed by atoms with van der Waals surface area (Å²) in [5.41, 5.74) is 7.14. The number of hydrogen-bond acceptors (Lipinski definition) is 5. The maximum absolute atomic E-state index is 10.8. The van der Waals surface area contributed by atoms with E-state index in [0.717, 1.165) is 10.9 Å². The van der Waals surface area contributed by atoms with Crippen LogP contribution in [0.1, 0.15) is 0 Å². The van der Waals surface area contributed by atoms with Crippen molar-refractivity contribution >= 4 is 32.4 Å². The van der Waals surface area contributed by atoms with Crippen molar-refractivity contribution in [3.05, 3.63) is 30.3 Å². The van der Waals surface area contributed by atoms with Gasteiger partial charge in [-0.25, -0.2) is 18.5 Å². The molecule has 0 aliphatic heterocycles. The molecule has 1 aromatic heterocycles. The lowest BCUT2D eigenvalue weighted by molar-refractivity contribution is 0.598. The van der Waals surface area contributed by atoms with E-state index in [0.29, 0.717) is 11.5 Å². The molecule has 2 aromatic rings. The van der Waals surface area contributed by atoms with Gasteiger partial charge in [0.15, 0.2) is 0 Å². The van der Waals surface area contributed by atoms with E-state index < -0.39 is 10.0 Å². The fourth-order valence-electron chi connectivity index (χ4n) is 1.56. The topological polar surface area (TPSA) is 111 Å². The monoisotopic (exact) mass is 266 g/mol. The van der Waals surface area contributed by atoms with E-state index >= 15 is 0 Å². The summed E-state index contributed by atoms with van der Waals surface area (Å²) in [6, 6.07) is 9.05. The fraction of sp³-hybridized carbons (Fsp3) is 0.182. The molecule has 1 aromatic carbocycles. The second kappa shape index (κ2) is 4.79. The van der Waals surface area contributed by atoms with Crippen LogP contribution in [-0.2, 0) is 10.0 Å². The number of rotatable bonds is 4. The van der Waals surface area contributed by atoms with Gasteiger partial charge in [0, 0.05) is 17.6 Å². The number of primary sulfonamides is 1. The average molecular weight is 266 g/mol. The molecule has 0 amide bonds. The Labute approximate surface area is 105 Å². The Kier molecular flexibility index (Phi) is 3.35. The molecule has 0 aliphatic carbocycles. The van der Waals surface area contributed by atoms with Gasteiger partial charge in [0.05, 0.1) is 11.3 Å². The third-order valence-corrected chi connectivity index (χ3v) is 3.18. The number of nitrogens with one attached hydrogen (secondary N) is 1. The van der Waals surface area contributed by atoms with E-state index in [9.17, 15) is 8.42 Å². The van der Waals surface area contributed by atoms with Gasteiger partial charge in [-0.3, -0.25) is 0 Å². The molecule has 0 unspecified atom stereocenters. The smallest absolute Gasteiger partial charge is 0.210 e. The molecule has 18 heavy (non-hydrogen) atoms. The van der Waals surface area contributed by atoms with Crippen LogP contribution in [0.3, 0.4) is 0 Å². The summed E-state index contributed by atoms with van der Waals surface area (Å²) in [7, 11) is -3.45. The lowest BCUT2D eigenvalue weighted by Gasteiger charge is -2.06. The van der Waals surface area contributed by atoms with Gasteiger partial charge in [0.25, 0.3) is 0 Å². The Morgan fingerprint density at radius 1 is 1.22 bits per heavy atom. The minimum absolute atomic E-state index is 0.131. The average Bonchev–Trinajstić information content (AvgIpc) is 2.27. The molecule has 6 nitrogen and oxygen atoms in total. The molecule has 2 rings (SSSR count). The molecular formula is C11H14N4O2S. The Hall–Kier alpha value is -1.86. The summed E-state index contributed by atoms with van der Waals surface area (Å²) in [5, 5.41) is 8.75. The number of nitrogens with two attached hydrogens (primary N) is 2. The van der Waals surface area contributed by atoms with Crippen molar-refractivity contribution in [2.24, 2.45) is 5.14 Å². The van der Waals surface area contributed by atoms with Crippen LogP contribution in [0, 0.1) is 0 Å². The number of benzene rings is 1. The van der Waals surface area contributed by atoms with Crippen molar-refractivity contribution in [2.45, 2.75) is 0 Å². The largest absolute Gasteiger partial charge is 0.399 e. The van der Waals surface area contributed by atoms with Gasteiger partial charge in [-0.05, 0) is 30.3 Å². The molecule has 1 heterocycles. The van der Waals surface area contributed by atoms with Crippen molar-refractivity contribution in [3.63, 3.8) is 0 Å². The zero-order valence-corrected chi connectivity index (χ0v) is 10.4. The van der Waals surface area contributed by atoms with Crippen LogP contribution in [-0.4, -0.2) is 25.7 Å². The lowest BCUT2D eigenvalue weighted by atomic mass is 10.2. The number of anilines is 2. The third kappa shape index (κ3) is 3.31. The Bertz CT molecular complexity index is 670. The Morgan fingerprint density at radius 2 is 2.00 bits per heavy atom. The predicted octanol–water partition coefficient (Wildman–Crippen LogP) is 0.517. The minimum atomic E-state index is -3.45. The molecular weight excluding hydrogens is 252 g/mol. The zero-order valence-electron chi connectivity index (χ0n) is 9.63. The zero-order chi connectivity index (χ0) is 13.2. The summed E-state index contributed by atoms with van der Waals surface area (Å²) in [4.78, 5) is 4.33. The molecule has 0 fully saturated rings. The number of nitrogen functional groups attached to an aromatic ring is 1. The van der Waals surface area contributed by atoms with Gasteiger partial charge in [-0.15, -0.1) is 0 Å². The van der Waals surface area contributed by atoms with E-state index in [1.807, 2.05) is 18.2 Å². The normalized spacial score (nSPS) is 11.6. The van der Waals surface area contributed by atoms with Crippen LogP contribution in [0.25, 0.3) is 10.9 Å². The van der Waals surface area contributed by atoms with E-state index in [1.54, 1.807) is 12.1 Å². The van der Waals surface area contributed by atoms with Crippen LogP contribution < -0.4 is 16.2 Å². The van der Waals surface area contributed by atoms with Crippen molar-refractivity contribution in [1.82, 2.24) is 4.98 Å². The molecule has 0 saturated carbocycles. The van der Waals surface area contributed by atoms with Gasteiger partial charge in [0.2, 0.25) is 10.0 Å². The number of sulfonamides is 1. The van der Waals surface area contributed by atoms with Crippen LogP contribution >= 0.6 is 0 Å². The van der Waals surface area contributed by atoms with Gasteiger partial charge in [0.1, 0.15) is 5.82 Å². The van der Waals surface area contributed by atoms with Crippen LogP contribution in [0.2, 0.25) is 0 Å². The highest BCUT2D eigenvalue weighted by Gasteiger charge is 2.03. The maximum Gasteiger partial charge on any atom is 0.210 e. The second-order valence-electron chi connectivity index (χ2n) is 3.94. The SMILES string of the molecule is Nc1ccc2nc(NCCS(N)(=O)=O)ccc2c1. The molecule has 96 valence electrons. The van der Waals surface area contributed by atoms with E-state index in [4.69, 9.17) is 10.9 Å². The first kappa shape index (κ1) is 12.6. The van der Waals surface area contributed by atoms with Crippen LogP contribution in [0.4, 0.5) is 11.5 Å². The first-order valence-electron chi connectivity index (χ1n) is 5.35. The summed E-state index contributed by atoms with van der Waals surface area (Å²) in [5.74, 6) is 0.477. The van der Waals surface area contributed by atoms with Crippen molar-refractivity contribution < 1.29 is 8.42 Å². The Morgan fingerprint density at radius 3 is 2.72 bits per heavy atom. The first-order chi connectivity index (χ1) is 8.44. The third-order valence-electron chi connectivity index (χ3n) is 2.41. The summed E-state index contributed by atoms with van der Waals surface area (Å²) < 4.78 is 21.5. The fourth-order valence-corrected chi connectivity index (χ4v) is 1.95. The summed E-state index contributed by atoms with van der Waals surface area (Å²) in [6.45, 7) is 0.228. The van der Waals surface area contributed by atoms with E-state index in [2.05, 4.69) is 10.3 Å². The summed E-state index contributed by atoms with van der Waals surface area (Å²) >= 11 is 0. The molecule has 0 bridgehead atoms. The van der Waals surface area contributed by atoms with Gasteiger partial charge in [-0.2, -0.15) is 0 Å². The molecule has 0 spiro atoms. The first-order valence-corrected chi connectivity index (χ1v) is 7.06. The number of hydrogen-bond donors (Lipinski definition) is 3. The summed E-state index contributed by atoms with van der Waals surface area (Å²) in [6.07, 6.45) is 0. The molecule has 0 atom stereocenters. The molecule has 0 aliphatic rings. The molecule has 7 heteroatoms. The number of aromatic nitrogens is 1. The van der Waals surface area contributed by atoms with E-state index in [1.165, 1.54) is 0 Å². The minimum Gasteiger partial charge on any atom is -0.399 e. The maximum atomic E-state index is 10.8. The number of pyridine rings is 1. The highest BCUT2D eigenvalue weighted by atomic mass is 32.2. The van der Waals surface area contributed by atoms with Gasteiger partial charge < -0.3 is 11.1 Å². The quantitative estimate of drug-likeness (QED) is 0.698. The molecule has 5 N–H and O–H groups in total. The van der Waals surface area contributed by atoms with Gasteiger partial charge in [-0.1, -0.05) is 0 Å². The van der Waals surface area contributed by atoms with E-state index in [-0.39, 0.29) is 12.3 Å². The van der Waals surface area contributed by atoms with Crippen LogP contribution in [0.5, 0.6) is 0 Å². The molecule has 0 saturated heterocycles. The van der Waals surface area contributed by atoms with Crippen molar-refractivity contribution in [2.75, 3.05) is 23.3 Å². The van der Waals surface area contributed by atoms with Crippen molar-refractivity contribution in [1.29, 1.82) is 0 Å². The lowest BCUT2D eigenvalue weighted by Crippen LogP contribution is -2.22. The molecule has 0 radical (unpaired) electrons. The standard InChI is InChI=1S/C11H14N4O2S/c12-9-2-3-10-8(7-9)1-4-11(15-10)14-5-6-18(13,16)17/h1-4,7H,5-6,12H2,(H,14,15)(H2,13,16,17). The van der Waals surface area contributed by atoms with Crippen molar-refractivity contribution in [3.8, 4) is 0 Å². The highest BCUT2D eigenvalue weighted by molar-refractivity contribution is 7.89. The highest BCUT2D eigenvalue weighted by Crippen LogP contribution is 2.17. The Balaban J connectivity index is 2.13. The predicted molar refractivity (Wildman–Crippen MR) is 72.6 cm³/mol. The van der Waals surface area contributed by atoms with Gasteiger partial charge >= 0.3 is 0 Å². The van der Waals surface area contributed by atoms with Crippen LogP contribution in [0.15, 0.2) is 30.3 Å². The number of nitrogens with zero attached hydrogens (tertiary/aromatic N) is 1.